The maximum Gasteiger partial charge on any atom is 0.364 e. The van der Waals surface area contributed by atoms with E-state index in [1.165, 1.54) is 0 Å². The second kappa shape index (κ2) is 8.06. The van der Waals surface area contributed by atoms with Crippen molar-refractivity contribution in [1.29, 1.82) is 5.26 Å². The van der Waals surface area contributed by atoms with Gasteiger partial charge >= 0.3 is 5.97 Å². The van der Waals surface area contributed by atoms with Crippen LogP contribution in [0.25, 0.3) is 11.4 Å². The van der Waals surface area contributed by atoms with Crippen molar-refractivity contribution < 1.29 is 14.3 Å². The lowest BCUT2D eigenvalue weighted by Gasteiger charge is -2.10. The third-order valence-corrected chi connectivity index (χ3v) is 3.60. The number of nitriles is 1. The topological polar surface area (TPSA) is 98.0 Å². The summed E-state index contributed by atoms with van der Waals surface area (Å²) in [5, 5.41) is 16.9. The Bertz CT molecular complexity index is 1010. The van der Waals surface area contributed by atoms with Crippen molar-refractivity contribution in [3.63, 3.8) is 0 Å². The molecule has 27 heavy (non-hydrogen) atoms. The number of aromatic nitrogens is 3. The molecule has 0 amide bonds. The lowest BCUT2D eigenvalue weighted by molar-refractivity contribution is 0.0514. The first-order valence-corrected chi connectivity index (χ1v) is 8.27. The smallest absolute Gasteiger partial charge is 0.364 e. The fraction of sp³-hybridized carbons (Fsp3) is 0.150. The van der Waals surface area contributed by atoms with E-state index >= 15 is 0 Å². The molecule has 1 aromatic heterocycles. The zero-order valence-electron chi connectivity index (χ0n) is 14.8. The zero-order valence-corrected chi connectivity index (χ0v) is 14.8. The Morgan fingerprint density at radius 2 is 1.93 bits per heavy atom. The van der Waals surface area contributed by atoms with Gasteiger partial charge in [-0.1, -0.05) is 23.8 Å². The van der Waals surface area contributed by atoms with Gasteiger partial charge in [-0.05, 0) is 44.2 Å². The predicted molar refractivity (Wildman–Crippen MR) is 97.2 cm³/mol. The summed E-state index contributed by atoms with van der Waals surface area (Å²) in [6, 6.07) is 16.1. The maximum absolute atomic E-state index is 12.2. The molecule has 0 unspecified atom stereocenters. The first-order chi connectivity index (χ1) is 13.1. The summed E-state index contributed by atoms with van der Waals surface area (Å²) < 4.78 is 10.7. The van der Waals surface area contributed by atoms with Gasteiger partial charge in [-0.25, -0.2) is 4.79 Å². The molecule has 7 nitrogen and oxygen atoms in total. The molecular formula is C20H16N4O3. The first kappa shape index (κ1) is 18.0. The molecule has 0 radical (unpaired) electrons. The highest BCUT2D eigenvalue weighted by atomic mass is 16.5. The fourth-order valence-corrected chi connectivity index (χ4v) is 2.33. The van der Waals surface area contributed by atoms with Crippen molar-refractivity contribution in [1.82, 2.24) is 15.2 Å². The van der Waals surface area contributed by atoms with E-state index in [1.54, 1.807) is 31.2 Å². The van der Waals surface area contributed by atoms with Crippen LogP contribution in [-0.2, 0) is 4.74 Å². The van der Waals surface area contributed by atoms with E-state index in [-0.39, 0.29) is 18.2 Å². The van der Waals surface area contributed by atoms with E-state index in [1.807, 2.05) is 37.3 Å². The predicted octanol–water partition coefficient (Wildman–Crippen LogP) is 3.69. The van der Waals surface area contributed by atoms with Crippen molar-refractivity contribution in [2.75, 3.05) is 6.61 Å². The molecule has 7 heteroatoms. The van der Waals surface area contributed by atoms with E-state index in [2.05, 4.69) is 15.2 Å². The van der Waals surface area contributed by atoms with E-state index in [4.69, 9.17) is 14.7 Å². The second-order valence-electron chi connectivity index (χ2n) is 5.62. The molecule has 0 saturated carbocycles. The van der Waals surface area contributed by atoms with Crippen LogP contribution in [0.4, 0.5) is 0 Å². The van der Waals surface area contributed by atoms with Crippen molar-refractivity contribution >= 4 is 5.97 Å². The SMILES string of the molecule is CCOC(=O)c1nnc(-c2cccc(C)c2)nc1Oc1ccc(C#N)cc1. The Labute approximate surface area is 156 Å². The summed E-state index contributed by atoms with van der Waals surface area (Å²) in [5.74, 6) is 0.0623. The van der Waals surface area contributed by atoms with Crippen molar-refractivity contribution in [2.24, 2.45) is 0 Å². The lowest BCUT2D eigenvalue weighted by Crippen LogP contribution is -2.12. The van der Waals surface area contributed by atoms with Crippen LogP contribution in [-0.4, -0.2) is 27.8 Å². The highest BCUT2D eigenvalue weighted by Gasteiger charge is 2.21. The summed E-state index contributed by atoms with van der Waals surface area (Å²) >= 11 is 0. The van der Waals surface area contributed by atoms with Gasteiger partial charge in [0.2, 0.25) is 5.69 Å². The quantitative estimate of drug-likeness (QED) is 0.640. The third-order valence-electron chi connectivity index (χ3n) is 3.60. The van der Waals surface area contributed by atoms with Gasteiger partial charge < -0.3 is 9.47 Å². The van der Waals surface area contributed by atoms with Gasteiger partial charge in [0.1, 0.15) is 5.75 Å². The number of benzene rings is 2. The van der Waals surface area contributed by atoms with Gasteiger partial charge in [0, 0.05) is 5.56 Å². The summed E-state index contributed by atoms with van der Waals surface area (Å²) in [7, 11) is 0. The molecule has 3 aromatic rings. The van der Waals surface area contributed by atoms with E-state index in [0.717, 1.165) is 11.1 Å². The highest BCUT2D eigenvalue weighted by molar-refractivity contribution is 5.89. The van der Waals surface area contributed by atoms with Crippen LogP contribution < -0.4 is 4.74 Å². The summed E-state index contributed by atoms with van der Waals surface area (Å²) in [6.07, 6.45) is 0. The monoisotopic (exact) mass is 360 g/mol. The van der Waals surface area contributed by atoms with Crippen LogP contribution in [0, 0.1) is 18.3 Å². The summed E-state index contributed by atoms with van der Waals surface area (Å²) in [4.78, 5) is 16.5. The van der Waals surface area contributed by atoms with E-state index in [0.29, 0.717) is 17.1 Å². The van der Waals surface area contributed by atoms with Crippen molar-refractivity contribution in [2.45, 2.75) is 13.8 Å². The minimum Gasteiger partial charge on any atom is -0.461 e. The van der Waals surface area contributed by atoms with Crippen LogP contribution in [0.5, 0.6) is 11.6 Å². The maximum atomic E-state index is 12.2. The van der Waals surface area contributed by atoms with Crippen LogP contribution in [0.15, 0.2) is 48.5 Å². The van der Waals surface area contributed by atoms with Gasteiger partial charge in [0.25, 0.3) is 5.88 Å². The van der Waals surface area contributed by atoms with E-state index in [9.17, 15) is 4.79 Å². The van der Waals surface area contributed by atoms with Crippen LogP contribution in [0.3, 0.4) is 0 Å². The van der Waals surface area contributed by atoms with Crippen molar-refractivity contribution in [3.05, 3.63) is 65.4 Å². The average molecular weight is 360 g/mol. The Hall–Kier alpha value is -3.79. The standard InChI is InChI=1S/C20H16N4O3/c1-3-26-20(25)17-19(27-16-9-7-14(12-21)8-10-16)22-18(24-23-17)15-6-4-5-13(2)11-15/h4-11H,3H2,1-2H3. The normalized spacial score (nSPS) is 10.1. The minimum atomic E-state index is -0.670. The third kappa shape index (κ3) is 4.25. The molecule has 134 valence electrons. The fourth-order valence-electron chi connectivity index (χ4n) is 2.33. The Balaban J connectivity index is 2.02. The Kier molecular flexibility index (Phi) is 5.38. The molecule has 1 heterocycles. The Morgan fingerprint density at radius 1 is 1.15 bits per heavy atom. The molecule has 0 aliphatic rings. The number of carbonyl (C=O) groups excluding carboxylic acids is 1. The van der Waals surface area contributed by atoms with Crippen LogP contribution in [0.1, 0.15) is 28.5 Å². The number of carbonyl (C=O) groups is 1. The molecule has 0 aliphatic carbocycles. The van der Waals surface area contributed by atoms with E-state index < -0.39 is 5.97 Å². The molecule has 2 aromatic carbocycles. The first-order valence-electron chi connectivity index (χ1n) is 8.27. The number of rotatable bonds is 5. The number of hydrogen-bond donors (Lipinski definition) is 0. The minimum absolute atomic E-state index is 0.00957. The average Bonchev–Trinajstić information content (AvgIpc) is 2.68. The van der Waals surface area contributed by atoms with Gasteiger partial charge in [0.05, 0.1) is 18.2 Å². The van der Waals surface area contributed by atoms with Gasteiger partial charge in [-0.3, -0.25) is 0 Å². The zero-order chi connectivity index (χ0) is 19.2. The highest BCUT2D eigenvalue weighted by Crippen LogP contribution is 2.25. The van der Waals surface area contributed by atoms with Gasteiger partial charge in [-0.15, -0.1) is 10.2 Å². The number of hydrogen-bond acceptors (Lipinski definition) is 7. The number of nitrogens with zero attached hydrogens (tertiary/aromatic N) is 4. The van der Waals surface area contributed by atoms with Crippen LogP contribution in [0.2, 0.25) is 0 Å². The van der Waals surface area contributed by atoms with Gasteiger partial charge in [-0.2, -0.15) is 10.2 Å². The Morgan fingerprint density at radius 3 is 2.59 bits per heavy atom. The molecule has 0 bridgehead atoms. The summed E-state index contributed by atoms with van der Waals surface area (Å²) in [5.41, 5.74) is 2.18. The van der Waals surface area contributed by atoms with Gasteiger partial charge in [0.15, 0.2) is 5.82 Å². The van der Waals surface area contributed by atoms with Crippen molar-refractivity contribution in [3.8, 4) is 29.1 Å². The molecule has 0 fully saturated rings. The molecule has 0 N–H and O–H groups in total. The number of ether oxygens (including phenoxy) is 2. The molecule has 0 saturated heterocycles. The lowest BCUT2D eigenvalue weighted by atomic mass is 10.1. The number of aryl methyl sites for hydroxylation is 1. The molecule has 0 aliphatic heterocycles. The number of esters is 1. The molecule has 0 atom stereocenters. The molecule has 0 spiro atoms. The van der Waals surface area contributed by atoms with Crippen LogP contribution >= 0.6 is 0 Å². The largest absolute Gasteiger partial charge is 0.461 e. The second-order valence-corrected chi connectivity index (χ2v) is 5.62. The molecular weight excluding hydrogens is 344 g/mol. The molecule has 3 rings (SSSR count). The summed E-state index contributed by atoms with van der Waals surface area (Å²) in [6.45, 7) is 3.84.